The standard InChI is InChI=1S/C8H18N2O2S2/c1-8(2)7-10(4-5-13-8)14(11,12)6-3-9/h3-7,9H2,1-2H3. The maximum Gasteiger partial charge on any atom is 0.215 e. The number of nitrogens with two attached hydrogens (primary N) is 1. The van der Waals surface area contributed by atoms with Gasteiger partial charge in [0.15, 0.2) is 0 Å². The molecule has 0 spiro atoms. The van der Waals surface area contributed by atoms with Crippen LogP contribution in [0, 0.1) is 0 Å². The molecule has 1 heterocycles. The molecule has 0 bridgehead atoms. The number of hydrogen-bond acceptors (Lipinski definition) is 4. The third kappa shape index (κ3) is 3.12. The third-order valence-corrected chi connectivity index (χ3v) is 5.31. The van der Waals surface area contributed by atoms with E-state index in [2.05, 4.69) is 13.8 Å². The average Bonchev–Trinajstić information content (AvgIpc) is 2.02. The van der Waals surface area contributed by atoms with Gasteiger partial charge in [0.25, 0.3) is 0 Å². The highest BCUT2D eigenvalue weighted by atomic mass is 32.2. The summed E-state index contributed by atoms with van der Waals surface area (Å²) in [7, 11) is -3.11. The Morgan fingerprint density at radius 2 is 2.14 bits per heavy atom. The molecule has 0 aromatic heterocycles. The summed E-state index contributed by atoms with van der Waals surface area (Å²) in [5.74, 6) is 0.935. The molecule has 1 rings (SSSR count). The van der Waals surface area contributed by atoms with Crippen LogP contribution in [0.25, 0.3) is 0 Å². The molecule has 0 aliphatic carbocycles. The lowest BCUT2D eigenvalue weighted by atomic mass is 10.2. The van der Waals surface area contributed by atoms with Gasteiger partial charge in [-0.3, -0.25) is 0 Å². The van der Waals surface area contributed by atoms with Gasteiger partial charge in [0.05, 0.1) is 5.75 Å². The molecule has 6 heteroatoms. The first-order chi connectivity index (χ1) is 6.37. The molecule has 0 saturated carbocycles. The van der Waals surface area contributed by atoms with Crippen LogP contribution in [-0.2, 0) is 10.0 Å². The van der Waals surface area contributed by atoms with E-state index >= 15 is 0 Å². The van der Waals surface area contributed by atoms with Gasteiger partial charge in [-0.15, -0.1) is 0 Å². The largest absolute Gasteiger partial charge is 0.329 e. The van der Waals surface area contributed by atoms with E-state index in [0.29, 0.717) is 13.1 Å². The predicted molar refractivity (Wildman–Crippen MR) is 61.0 cm³/mol. The van der Waals surface area contributed by atoms with Crippen LogP contribution in [0.5, 0.6) is 0 Å². The summed E-state index contributed by atoms with van der Waals surface area (Å²) in [5.41, 5.74) is 5.28. The zero-order chi connectivity index (χ0) is 10.8. The number of rotatable bonds is 3. The van der Waals surface area contributed by atoms with Gasteiger partial charge in [0.1, 0.15) is 0 Å². The molecule has 0 aromatic rings. The Bertz CT molecular complexity index is 288. The summed E-state index contributed by atoms with van der Waals surface area (Å²) in [6.45, 7) is 5.56. The van der Waals surface area contributed by atoms with Gasteiger partial charge in [-0.2, -0.15) is 16.1 Å². The van der Waals surface area contributed by atoms with Gasteiger partial charge in [-0.1, -0.05) is 0 Å². The Morgan fingerprint density at radius 1 is 1.50 bits per heavy atom. The van der Waals surface area contributed by atoms with Crippen LogP contribution >= 0.6 is 11.8 Å². The van der Waals surface area contributed by atoms with E-state index in [1.165, 1.54) is 0 Å². The predicted octanol–water partition coefficient (Wildman–Crippen LogP) is 0.102. The first kappa shape index (κ1) is 12.3. The van der Waals surface area contributed by atoms with Crippen LogP contribution in [0.4, 0.5) is 0 Å². The maximum absolute atomic E-state index is 11.7. The fraction of sp³-hybridized carbons (Fsp3) is 1.00. The highest BCUT2D eigenvalue weighted by Crippen LogP contribution is 2.30. The summed E-state index contributed by atoms with van der Waals surface area (Å²) in [6.07, 6.45) is 0. The van der Waals surface area contributed by atoms with Crippen molar-refractivity contribution in [1.29, 1.82) is 0 Å². The molecule has 0 unspecified atom stereocenters. The van der Waals surface area contributed by atoms with E-state index in [0.717, 1.165) is 5.75 Å². The van der Waals surface area contributed by atoms with E-state index in [9.17, 15) is 8.42 Å². The van der Waals surface area contributed by atoms with Crippen molar-refractivity contribution < 1.29 is 8.42 Å². The van der Waals surface area contributed by atoms with Crippen molar-refractivity contribution in [2.45, 2.75) is 18.6 Å². The zero-order valence-electron chi connectivity index (χ0n) is 8.69. The Morgan fingerprint density at radius 3 is 2.64 bits per heavy atom. The Balaban J connectivity index is 2.69. The Labute approximate surface area is 90.3 Å². The van der Waals surface area contributed by atoms with Gasteiger partial charge in [0.2, 0.25) is 10.0 Å². The molecular formula is C8H18N2O2S2. The normalized spacial score (nSPS) is 23.6. The summed E-state index contributed by atoms with van der Waals surface area (Å²) in [6, 6.07) is 0. The van der Waals surface area contributed by atoms with Crippen LogP contribution in [0.3, 0.4) is 0 Å². The second kappa shape index (κ2) is 4.38. The summed E-state index contributed by atoms with van der Waals surface area (Å²) in [4.78, 5) is 0. The highest BCUT2D eigenvalue weighted by molar-refractivity contribution is 8.00. The lowest BCUT2D eigenvalue weighted by molar-refractivity contribution is 0.388. The number of sulfonamides is 1. The van der Waals surface area contributed by atoms with Gasteiger partial charge in [-0.25, -0.2) is 8.42 Å². The molecule has 84 valence electrons. The maximum atomic E-state index is 11.7. The lowest BCUT2D eigenvalue weighted by Crippen LogP contribution is -2.47. The minimum atomic E-state index is -3.11. The first-order valence-electron chi connectivity index (χ1n) is 4.69. The minimum absolute atomic E-state index is 0.0277. The lowest BCUT2D eigenvalue weighted by Gasteiger charge is -2.36. The van der Waals surface area contributed by atoms with Crippen LogP contribution in [0.2, 0.25) is 0 Å². The minimum Gasteiger partial charge on any atom is -0.329 e. The fourth-order valence-electron chi connectivity index (χ4n) is 1.49. The molecule has 0 radical (unpaired) electrons. The highest BCUT2D eigenvalue weighted by Gasteiger charge is 2.32. The molecule has 1 saturated heterocycles. The van der Waals surface area contributed by atoms with Crippen molar-refractivity contribution in [3.63, 3.8) is 0 Å². The summed E-state index contributed by atoms with van der Waals surface area (Å²) in [5, 5.41) is 0. The van der Waals surface area contributed by atoms with Crippen molar-refractivity contribution in [3.05, 3.63) is 0 Å². The second-order valence-corrected chi connectivity index (χ2v) is 7.94. The molecule has 2 N–H and O–H groups in total. The van der Waals surface area contributed by atoms with Gasteiger partial charge < -0.3 is 5.73 Å². The molecule has 0 amide bonds. The molecule has 1 aliphatic rings. The Hall–Kier alpha value is 0.220. The van der Waals surface area contributed by atoms with Crippen LogP contribution in [0.15, 0.2) is 0 Å². The topological polar surface area (TPSA) is 63.4 Å². The van der Waals surface area contributed by atoms with Crippen molar-refractivity contribution in [2.24, 2.45) is 5.73 Å². The first-order valence-corrected chi connectivity index (χ1v) is 7.29. The SMILES string of the molecule is CC1(C)CN(S(=O)(=O)CCN)CCS1. The summed E-state index contributed by atoms with van der Waals surface area (Å²) < 4.78 is 25.0. The number of nitrogens with zero attached hydrogens (tertiary/aromatic N) is 1. The van der Waals surface area contributed by atoms with E-state index in [1.54, 1.807) is 4.31 Å². The van der Waals surface area contributed by atoms with Crippen molar-refractivity contribution >= 4 is 21.8 Å². The van der Waals surface area contributed by atoms with E-state index in [-0.39, 0.29) is 17.0 Å². The zero-order valence-corrected chi connectivity index (χ0v) is 10.3. The molecule has 0 aromatic carbocycles. The fourth-order valence-corrected chi connectivity index (χ4v) is 4.24. The van der Waals surface area contributed by atoms with E-state index < -0.39 is 10.0 Å². The van der Waals surface area contributed by atoms with Crippen molar-refractivity contribution in [2.75, 3.05) is 31.1 Å². The van der Waals surface area contributed by atoms with Gasteiger partial charge >= 0.3 is 0 Å². The quantitative estimate of drug-likeness (QED) is 0.757. The molecular weight excluding hydrogens is 220 g/mol. The van der Waals surface area contributed by atoms with Gasteiger partial charge in [-0.05, 0) is 13.8 Å². The van der Waals surface area contributed by atoms with Crippen molar-refractivity contribution in [1.82, 2.24) is 4.31 Å². The van der Waals surface area contributed by atoms with Crippen LogP contribution < -0.4 is 5.73 Å². The average molecular weight is 238 g/mol. The monoisotopic (exact) mass is 238 g/mol. The summed E-state index contributed by atoms with van der Waals surface area (Å²) >= 11 is 1.82. The Kier molecular flexibility index (Phi) is 3.85. The molecule has 0 atom stereocenters. The number of hydrogen-bond donors (Lipinski definition) is 1. The van der Waals surface area contributed by atoms with E-state index in [1.807, 2.05) is 11.8 Å². The van der Waals surface area contributed by atoms with Gasteiger partial charge in [0, 0.05) is 30.1 Å². The van der Waals surface area contributed by atoms with Crippen LogP contribution in [0.1, 0.15) is 13.8 Å². The van der Waals surface area contributed by atoms with E-state index in [4.69, 9.17) is 5.73 Å². The number of thioether (sulfide) groups is 1. The third-order valence-electron chi connectivity index (χ3n) is 2.16. The van der Waals surface area contributed by atoms with Crippen molar-refractivity contribution in [3.8, 4) is 0 Å². The second-order valence-electron chi connectivity index (χ2n) is 4.05. The molecule has 4 nitrogen and oxygen atoms in total. The van der Waals surface area contributed by atoms with Crippen LogP contribution in [-0.4, -0.2) is 48.6 Å². The molecule has 1 aliphatic heterocycles. The molecule has 14 heavy (non-hydrogen) atoms. The molecule has 1 fully saturated rings. The smallest absolute Gasteiger partial charge is 0.215 e.